The third-order valence-electron chi connectivity index (χ3n) is 8.89. The summed E-state index contributed by atoms with van der Waals surface area (Å²) in [6.07, 6.45) is 6.19. The van der Waals surface area contributed by atoms with Crippen LogP contribution < -0.4 is 19.7 Å². The molecular formula is C33H45N3O5. The summed E-state index contributed by atoms with van der Waals surface area (Å²) in [6.45, 7) is 6.37. The van der Waals surface area contributed by atoms with E-state index in [2.05, 4.69) is 52.7 Å². The highest BCUT2D eigenvalue weighted by molar-refractivity contribution is 5.77. The standard InChI is InChI=1S/C33H45N3O5/c1-38-18-4-16-35-22-28(41-31-6-3-2-5-30(31)35)23-39-32-20-34-15-13-29(32)25-9-11-26(12-10-25)40-27-14-17-36(21-27)33(37)19-24-7-8-24/h2-3,5-6,9-12,24,27-29,32,34H,4,7-8,13-23H2,1H3. The Morgan fingerprint density at radius 1 is 1.05 bits per heavy atom. The second kappa shape index (κ2) is 13.4. The Hall–Kier alpha value is -2.81. The maximum absolute atomic E-state index is 12.5. The molecule has 0 bridgehead atoms. The molecule has 4 atom stereocenters. The van der Waals surface area contributed by atoms with Crippen LogP contribution in [0.25, 0.3) is 0 Å². The van der Waals surface area contributed by atoms with E-state index in [0.29, 0.717) is 37.3 Å². The first-order valence-corrected chi connectivity index (χ1v) is 15.5. The molecule has 3 heterocycles. The molecule has 0 radical (unpaired) electrons. The Labute approximate surface area is 244 Å². The molecule has 2 aromatic carbocycles. The Morgan fingerprint density at radius 3 is 2.73 bits per heavy atom. The number of hydrogen-bond donors (Lipinski definition) is 1. The second-order valence-corrected chi connectivity index (χ2v) is 12.1. The van der Waals surface area contributed by atoms with E-state index in [-0.39, 0.29) is 18.3 Å². The van der Waals surface area contributed by atoms with Gasteiger partial charge in [0.1, 0.15) is 23.7 Å². The van der Waals surface area contributed by atoms with Crippen molar-refractivity contribution in [3.05, 3.63) is 54.1 Å². The summed E-state index contributed by atoms with van der Waals surface area (Å²) in [7, 11) is 1.75. The molecule has 1 amide bonds. The molecule has 2 saturated heterocycles. The summed E-state index contributed by atoms with van der Waals surface area (Å²) in [5, 5.41) is 3.52. The van der Waals surface area contributed by atoms with Gasteiger partial charge in [0.2, 0.25) is 5.91 Å². The number of rotatable bonds is 12. The molecule has 3 fully saturated rings. The van der Waals surface area contributed by atoms with E-state index in [9.17, 15) is 4.79 Å². The number of fused-ring (bicyclic) bond motifs is 1. The first-order valence-electron chi connectivity index (χ1n) is 15.5. The predicted octanol–water partition coefficient (Wildman–Crippen LogP) is 4.23. The zero-order valence-corrected chi connectivity index (χ0v) is 24.3. The van der Waals surface area contributed by atoms with Crippen LogP contribution in [0.2, 0.25) is 0 Å². The van der Waals surface area contributed by atoms with Gasteiger partial charge in [0.25, 0.3) is 0 Å². The Bertz CT molecular complexity index is 1140. The molecule has 41 heavy (non-hydrogen) atoms. The third-order valence-corrected chi connectivity index (χ3v) is 8.89. The topological polar surface area (TPSA) is 72.5 Å². The predicted molar refractivity (Wildman–Crippen MR) is 159 cm³/mol. The first kappa shape index (κ1) is 28.3. The summed E-state index contributed by atoms with van der Waals surface area (Å²) < 4.78 is 24.5. The molecule has 3 aliphatic heterocycles. The fourth-order valence-electron chi connectivity index (χ4n) is 6.43. The van der Waals surface area contributed by atoms with Crippen molar-refractivity contribution in [2.75, 3.05) is 64.5 Å². The van der Waals surface area contributed by atoms with Gasteiger partial charge in [-0.2, -0.15) is 0 Å². The van der Waals surface area contributed by atoms with Crippen LogP contribution >= 0.6 is 0 Å². The minimum Gasteiger partial charge on any atom is -0.489 e. The van der Waals surface area contributed by atoms with Gasteiger partial charge in [0.05, 0.1) is 31.5 Å². The summed E-state index contributed by atoms with van der Waals surface area (Å²) in [6, 6.07) is 16.8. The number of nitrogens with zero attached hydrogens (tertiary/aromatic N) is 2. The lowest BCUT2D eigenvalue weighted by Gasteiger charge is -2.38. The van der Waals surface area contributed by atoms with Crippen LogP contribution in [-0.2, 0) is 14.3 Å². The maximum atomic E-state index is 12.5. The number of para-hydroxylation sites is 2. The highest BCUT2D eigenvalue weighted by atomic mass is 16.5. The van der Waals surface area contributed by atoms with Gasteiger partial charge in [-0.25, -0.2) is 0 Å². The van der Waals surface area contributed by atoms with Crippen molar-refractivity contribution in [3.8, 4) is 11.5 Å². The van der Waals surface area contributed by atoms with E-state index >= 15 is 0 Å². The van der Waals surface area contributed by atoms with Crippen molar-refractivity contribution in [1.29, 1.82) is 0 Å². The summed E-state index contributed by atoms with van der Waals surface area (Å²) in [4.78, 5) is 16.8. The fourth-order valence-corrected chi connectivity index (χ4v) is 6.43. The molecule has 0 spiro atoms. The molecule has 4 unspecified atom stereocenters. The summed E-state index contributed by atoms with van der Waals surface area (Å²) in [5.41, 5.74) is 2.43. The van der Waals surface area contributed by atoms with Gasteiger partial charge >= 0.3 is 0 Å². The Morgan fingerprint density at radius 2 is 1.90 bits per heavy atom. The monoisotopic (exact) mass is 563 g/mol. The van der Waals surface area contributed by atoms with Crippen molar-refractivity contribution in [3.63, 3.8) is 0 Å². The van der Waals surface area contributed by atoms with Crippen molar-refractivity contribution in [2.24, 2.45) is 5.92 Å². The second-order valence-electron chi connectivity index (χ2n) is 12.1. The zero-order chi connectivity index (χ0) is 28.0. The van der Waals surface area contributed by atoms with Crippen molar-refractivity contribution in [2.45, 2.75) is 62.8 Å². The van der Waals surface area contributed by atoms with Crippen LogP contribution in [-0.4, -0.2) is 88.7 Å². The molecule has 8 heteroatoms. The Kier molecular flexibility index (Phi) is 9.29. The number of carbonyl (C=O) groups is 1. The van der Waals surface area contributed by atoms with Crippen LogP contribution in [0.4, 0.5) is 5.69 Å². The largest absolute Gasteiger partial charge is 0.489 e. The van der Waals surface area contributed by atoms with E-state index in [1.807, 2.05) is 11.0 Å². The smallest absolute Gasteiger partial charge is 0.222 e. The van der Waals surface area contributed by atoms with Gasteiger partial charge in [-0.15, -0.1) is 0 Å². The SMILES string of the molecule is COCCCN1CC(COC2CNCCC2c2ccc(OC3CCN(C(=O)CC4CC4)C3)cc2)Oc2ccccc21. The van der Waals surface area contributed by atoms with E-state index in [0.717, 1.165) is 75.8 Å². The molecule has 6 rings (SSSR count). The molecular weight excluding hydrogens is 518 g/mol. The number of carbonyl (C=O) groups excluding carboxylic acids is 1. The normalized spacial score (nSPS) is 26.0. The van der Waals surface area contributed by atoms with Gasteiger partial charge in [-0.1, -0.05) is 24.3 Å². The molecule has 4 aliphatic rings. The quantitative estimate of drug-likeness (QED) is 0.388. The van der Waals surface area contributed by atoms with Crippen LogP contribution in [0.15, 0.2) is 48.5 Å². The number of piperidine rings is 1. The number of hydrogen-bond acceptors (Lipinski definition) is 7. The average molecular weight is 564 g/mol. The van der Waals surface area contributed by atoms with Gasteiger partial charge in [0.15, 0.2) is 0 Å². The van der Waals surface area contributed by atoms with Crippen LogP contribution in [0.5, 0.6) is 11.5 Å². The van der Waals surface area contributed by atoms with Crippen LogP contribution in [0.1, 0.15) is 50.0 Å². The molecule has 8 nitrogen and oxygen atoms in total. The van der Waals surface area contributed by atoms with Gasteiger partial charge in [0, 0.05) is 52.1 Å². The van der Waals surface area contributed by atoms with Gasteiger partial charge < -0.3 is 34.1 Å². The van der Waals surface area contributed by atoms with E-state index in [1.165, 1.54) is 18.4 Å². The lowest BCUT2D eigenvalue weighted by molar-refractivity contribution is -0.130. The number of nitrogens with one attached hydrogen (secondary N) is 1. The number of ether oxygens (including phenoxy) is 4. The van der Waals surface area contributed by atoms with Crippen molar-refractivity contribution < 1.29 is 23.7 Å². The minimum absolute atomic E-state index is 0.0204. The highest BCUT2D eigenvalue weighted by Crippen LogP contribution is 2.35. The molecule has 222 valence electrons. The summed E-state index contributed by atoms with van der Waals surface area (Å²) in [5.74, 6) is 3.06. The van der Waals surface area contributed by atoms with E-state index < -0.39 is 0 Å². The lowest BCUT2D eigenvalue weighted by Crippen LogP contribution is -2.46. The fraction of sp³-hybridized carbons (Fsp3) is 0.606. The van der Waals surface area contributed by atoms with E-state index in [1.54, 1.807) is 7.11 Å². The van der Waals surface area contributed by atoms with Crippen LogP contribution in [0, 0.1) is 5.92 Å². The van der Waals surface area contributed by atoms with Crippen LogP contribution in [0.3, 0.4) is 0 Å². The lowest BCUT2D eigenvalue weighted by atomic mass is 9.87. The molecule has 1 aliphatic carbocycles. The van der Waals surface area contributed by atoms with Gasteiger partial charge in [-0.05, 0) is 68.0 Å². The maximum Gasteiger partial charge on any atom is 0.222 e. The summed E-state index contributed by atoms with van der Waals surface area (Å²) >= 11 is 0. The zero-order valence-electron chi connectivity index (χ0n) is 24.3. The number of likely N-dealkylation sites (tertiary alicyclic amines) is 1. The Balaban J connectivity index is 1.02. The third kappa shape index (κ3) is 7.34. The number of amides is 1. The van der Waals surface area contributed by atoms with Crippen molar-refractivity contribution in [1.82, 2.24) is 10.2 Å². The minimum atomic E-state index is -0.0204. The van der Waals surface area contributed by atoms with Gasteiger partial charge in [-0.3, -0.25) is 4.79 Å². The molecule has 1 N–H and O–H groups in total. The molecule has 2 aromatic rings. The highest BCUT2D eigenvalue weighted by Gasteiger charge is 2.33. The molecule has 0 aromatic heterocycles. The van der Waals surface area contributed by atoms with E-state index in [4.69, 9.17) is 18.9 Å². The molecule has 1 saturated carbocycles. The number of benzene rings is 2. The van der Waals surface area contributed by atoms with Crippen molar-refractivity contribution >= 4 is 11.6 Å². The first-order chi connectivity index (χ1) is 20.2. The number of anilines is 1. The average Bonchev–Trinajstić information content (AvgIpc) is 3.70. The number of methoxy groups -OCH3 is 1.